The Morgan fingerprint density at radius 3 is 2.15 bits per heavy atom. The van der Waals surface area contributed by atoms with Gasteiger partial charge >= 0.3 is 0 Å². The summed E-state index contributed by atoms with van der Waals surface area (Å²) in [7, 11) is 0. The van der Waals surface area contributed by atoms with Crippen molar-refractivity contribution in [2.75, 3.05) is 57.3 Å². The lowest BCUT2D eigenvalue weighted by Gasteiger charge is -2.36. The average Bonchev–Trinajstić information content (AvgIpc) is 3.26. The molecule has 0 bridgehead atoms. The monoisotopic (exact) mass is 367 g/mol. The summed E-state index contributed by atoms with van der Waals surface area (Å²) in [6.07, 6.45) is 6.41. The second-order valence-electron chi connectivity index (χ2n) is 7.49. The number of likely N-dealkylation sites (tertiary alicyclic amines) is 1. The molecular formula is C21H29N5O. The number of benzene rings is 1. The Balaban J connectivity index is 1.34. The van der Waals surface area contributed by atoms with Crippen LogP contribution in [0.2, 0.25) is 0 Å². The van der Waals surface area contributed by atoms with E-state index in [2.05, 4.69) is 19.7 Å². The van der Waals surface area contributed by atoms with Gasteiger partial charge in [-0.05, 0) is 31.5 Å². The van der Waals surface area contributed by atoms with Gasteiger partial charge in [-0.1, -0.05) is 24.3 Å². The maximum absolute atomic E-state index is 9.19. The molecule has 2 aliphatic heterocycles. The first-order valence-corrected chi connectivity index (χ1v) is 10.0. The molecule has 144 valence electrons. The smallest absolute Gasteiger partial charge is 0.147 e. The summed E-state index contributed by atoms with van der Waals surface area (Å²) in [5, 5.41) is 9.19. The average molecular weight is 367 g/mol. The molecule has 0 saturated carbocycles. The molecule has 6 heteroatoms. The normalized spacial score (nSPS) is 18.9. The molecule has 0 atom stereocenters. The molecule has 0 aliphatic carbocycles. The van der Waals surface area contributed by atoms with Crippen molar-refractivity contribution in [3.8, 4) is 11.3 Å². The van der Waals surface area contributed by atoms with Crippen LogP contribution in [0, 0.1) is 0 Å². The molecule has 2 fully saturated rings. The minimum absolute atomic E-state index is 0.0635. The van der Waals surface area contributed by atoms with Crippen molar-refractivity contribution in [3.05, 3.63) is 42.2 Å². The highest BCUT2D eigenvalue weighted by Crippen LogP contribution is 2.21. The third-order valence-electron chi connectivity index (χ3n) is 5.68. The third-order valence-corrected chi connectivity index (χ3v) is 5.68. The zero-order valence-corrected chi connectivity index (χ0v) is 15.9. The molecule has 1 aromatic heterocycles. The number of rotatable bonds is 6. The molecule has 2 saturated heterocycles. The highest BCUT2D eigenvalue weighted by molar-refractivity contribution is 5.60. The lowest BCUT2D eigenvalue weighted by atomic mass is 10.1. The summed E-state index contributed by atoms with van der Waals surface area (Å²) in [6, 6.07) is 7.86. The molecule has 0 spiro atoms. The minimum atomic E-state index is 0.0635. The van der Waals surface area contributed by atoms with Crippen LogP contribution >= 0.6 is 0 Å². The van der Waals surface area contributed by atoms with E-state index in [1.807, 2.05) is 36.7 Å². The molecule has 1 aromatic carbocycles. The molecule has 0 amide bonds. The Hall–Kier alpha value is -2.02. The second kappa shape index (κ2) is 8.78. The van der Waals surface area contributed by atoms with Crippen molar-refractivity contribution in [2.45, 2.75) is 19.4 Å². The van der Waals surface area contributed by atoms with Crippen molar-refractivity contribution in [1.82, 2.24) is 19.8 Å². The molecular weight excluding hydrogens is 338 g/mol. The third kappa shape index (κ3) is 4.64. The SMILES string of the molecule is OCc1ccc(-c2cncc(N3CCN(CCN4CCCC4)CC3)n2)cc1. The number of nitrogens with zero attached hydrogens (tertiary/aromatic N) is 5. The van der Waals surface area contributed by atoms with Gasteiger partial charge in [0.2, 0.25) is 0 Å². The maximum atomic E-state index is 9.19. The predicted octanol–water partition coefficient (Wildman–Crippen LogP) is 1.85. The zero-order valence-electron chi connectivity index (χ0n) is 15.9. The first-order valence-electron chi connectivity index (χ1n) is 10.0. The van der Waals surface area contributed by atoms with Crippen LogP contribution < -0.4 is 4.90 Å². The van der Waals surface area contributed by atoms with E-state index in [0.717, 1.165) is 48.8 Å². The van der Waals surface area contributed by atoms with E-state index < -0.39 is 0 Å². The first-order chi connectivity index (χ1) is 13.3. The number of anilines is 1. The van der Waals surface area contributed by atoms with E-state index in [4.69, 9.17) is 4.98 Å². The van der Waals surface area contributed by atoms with E-state index in [-0.39, 0.29) is 6.61 Å². The van der Waals surface area contributed by atoms with Crippen LogP contribution in [0.4, 0.5) is 5.82 Å². The van der Waals surface area contributed by atoms with Gasteiger partial charge in [0, 0.05) is 44.8 Å². The Labute approximate surface area is 161 Å². The van der Waals surface area contributed by atoms with E-state index >= 15 is 0 Å². The molecule has 6 nitrogen and oxygen atoms in total. The fourth-order valence-electron chi connectivity index (χ4n) is 3.92. The molecule has 0 radical (unpaired) electrons. The topological polar surface area (TPSA) is 55.7 Å². The van der Waals surface area contributed by atoms with Gasteiger partial charge in [-0.3, -0.25) is 9.88 Å². The summed E-state index contributed by atoms with van der Waals surface area (Å²) >= 11 is 0. The number of piperazine rings is 1. The van der Waals surface area contributed by atoms with Crippen molar-refractivity contribution >= 4 is 5.82 Å². The van der Waals surface area contributed by atoms with E-state index in [9.17, 15) is 5.11 Å². The standard InChI is InChI=1S/C21H29N5O/c27-17-18-3-5-19(6-4-18)20-15-22-16-21(23-20)26-13-11-25(12-14-26)10-9-24-7-1-2-8-24/h3-6,15-16,27H,1-2,7-14,17H2. The minimum Gasteiger partial charge on any atom is -0.392 e. The number of aromatic nitrogens is 2. The van der Waals surface area contributed by atoms with Crippen LogP contribution in [0.25, 0.3) is 11.3 Å². The van der Waals surface area contributed by atoms with Crippen molar-refractivity contribution < 1.29 is 5.11 Å². The van der Waals surface area contributed by atoms with Crippen molar-refractivity contribution in [3.63, 3.8) is 0 Å². The van der Waals surface area contributed by atoms with Crippen LogP contribution in [0.3, 0.4) is 0 Å². The van der Waals surface area contributed by atoms with Crippen LogP contribution in [-0.4, -0.2) is 77.2 Å². The Morgan fingerprint density at radius 1 is 0.815 bits per heavy atom. The summed E-state index contributed by atoms with van der Waals surface area (Å²) in [6.45, 7) is 9.19. The van der Waals surface area contributed by atoms with Gasteiger partial charge in [0.15, 0.2) is 0 Å². The number of aliphatic hydroxyl groups is 1. The lowest BCUT2D eigenvalue weighted by Crippen LogP contribution is -2.48. The van der Waals surface area contributed by atoms with Crippen molar-refractivity contribution in [2.24, 2.45) is 0 Å². The summed E-state index contributed by atoms with van der Waals surface area (Å²) < 4.78 is 0. The van der Waals surface area contributed by atoms with Crippen LogP contribution in [0.1, 0.15) is 18.4 Å². The zero-order chi connectivity index (χ0) is 18.5. The summed E-state index contributed by atoms with van der Waals surface area (Å²) in [4.78, 5) is 16.7. The van der Waals surface area contributed by atoms with Gasteiger partial charge in [-0.15, -0.1) is 0 Å². The van der Waals surface area contributed by atoms with Crippen LogP contribution in [-0.2, 0) is 6.61 Å². The van der Waals surface area contributed by atoms with Gasteiger partial charge in [0.25, 0.3) is 0 Å². The van der Waals surface area contributed by atoms with Gasteiger partial charge in [0.1, 0.15) is 5.82 Å². The molecule has 3 heterocycles. The van der Waals surface area contributed by atoms with E-state index in [1.54, 1.807) is 0 Å². The van der Waals surface area contributed by atoms with Crippen molar-refractivity contribution in [1.29, 1.82) is 0 Å². The molecule has 27 heavy (non-hydrogen) atoms. The quantitative estimate of drug-likeness (QED) is 0.841. The van der Waals surface area contributed by atoms with E-state index in [0.29, 0.717) is 0 Å². The largest absolute Gasteiger partial charge is 0.392 e. The van der Waals surface area contributed by atoms with Gasteiger partial charge in [-0.2, -0.15) is 0 Å². The fraction of sp³-hybridized carbons (Fsp3) is 0.524. The molecule has 1 N–H and O–H groups in total. The van der Waals surface area contributed by atoms with Crippen LogP contribution in [0.5, 0.6) is 0 Å². The number of hydrogen-bond acceptors (Lipinski definition) is 6. The predicted molar refractivity (Wildman–Crippen MR) is 108 cm³/mol. The van der Waals surface area contributed by atoms with E-state index in [1.165, 1.54) is 39.0 Å². The fourth-order valence-corrected chi connectivity index (χ4v) is 3.92. The Kier molecular flexibility index (Phi) is 5.97. The summed E-state index contributed by atoms with van der Waals surface area (Å²) in [5.41, 5.74) is 2.83. The molecule has 2 aromatic rings. The molecule has 4 rings (SSSR count). The Bertz CT molecular complexity index is 722. The lowest BCUT2D eigenvalue weighted by molar-refractivity contribution is 0.215. The summed E-state index contributed by atoms with van der Waals surface area (Å²) in [5.74, 6) is 0.956. The number of hydrogen-bond donors (Lipinski definition) is 1. The highest BCUT2D eigenvalue weighted by atomic mass is 16.3. The van der Waals surface area contributed by atoms with Gasteiger partial charge < -0.3 is 14.9 Å². The molecule has 2 aliphatic rings. The maximum Gasteiger partial charge on any atom is 0.147 e. The number of aliphatic hydroxyl groups excluding tert-OH is 1. The van der Waals surface area contributed by atoms with Gasteiger partial charge in [-0.25, -0.2) is 4.98 Å². The molecule has 0 unspecified atom stereocenters. The Morgan fingerprint density at radius 2 is 1.48 bits per heavy atom. The van der Waals surface area contributed by atoms with Gasteiger partial charge in [0.05, 0.1) is 24.7 Å². The second-order valence-corrected chi connectivity index (χ2v) is 7.49. The highest BCUT2D eigenvalue weighted by Gasteiger charge is 2.20. The van der Waals surface area contributed by atoms with Crippen LogP contribution in [0.15, 0.2) is 36.7 Å². The first kappa shape index (κ1) is 18.3.